The van der Waals surface area contributed by atoms with Crippen molar-refractivity contribution >= 4 is 32.9 Å². The van der Waals surface area contributed by atoms with Gasteiger partial charge in [-0.25, -0.2) is 0 Å². The normalized spacial score (nSPS) is 9.85. The molecule has 0 saturated heterocycles. The minimum absolute atomic E-state index is 0.997. The van der Waals surface area contributed by atoms with Crippen molar-refractivity contribution in [2.75, 3.05) is 37.0 Å². The smallest absolute Gasteiger partial charge is 0.0524 e. The highest BCUT2D eigenvalue weighted by Crippen LogP contribution is 2.42. The van der Waals surface area contributed by atoms with E-state index >= 15 is 0 Å². The first-order valence-electron chi connectivity index (χ1n) is 10.0. The molecule has 0 unspecified atom stereocenters. The maximum Gasteiger partial charge on any atom is 0.0524 e. The number of rotatable bonds is 4. The predicted molar refractivity (Wildman–Crippen MR) is 122 cm³/mol. The van der Waals surface area contributed by atoms with E-state index < -0.39 is 0 Å². The summed E-state index contributed by atoms with van der Waals surface area (Å²) in [5.74, 6) is 0. The van der Waals surface area contributed by atoms with E-state index in [2.05, 4.69) is 86.3 Å². The van der Waals surface area contributed by atoms with Gasteiger partial charge in [0.05, 0.1) is 11.4 Å². The molecule has 0 heterocycles. The zero-order chi connectivity index (χ0) is 19.7. The van der Waals surface area contributed by atoms with Crippen molar-refractivity contribution in [1.29, 1.82) is 0 Å². The van der Waals surface area contributed by atoms with Crippen LogP contribution in [0.4, 0.5) is 11.4 Å². The minimum atomic E-state index is 0.997. The number of hydrogen-bond donors (Lipinski definition) is 0. The zero-order valence-corrected chi connectivity index (χ0v) is 17.9. The van der Waals surface area contributed by atoms with Crippen LogP contribution >= 0.6 is 0 Å². The van der Waals surface area contributed by atoms with E-state index in [1.807, 2.05) is 27.7 Å². The Balaban J connectivity index is 0.000000791. The van der Waals surface area contributed by atoms with Crippen molar-refractivity contribution in [1.82, 2.24) is 0 Å². The molecule has 26 heavy (non-hydrogen) atoms. The van der Waals surface area contributed by atoms with Crippen LogP contribution in [0.15, 0.2) is 48.5 Å². The van der Waals surface area contributed by atoms with Gasteiger partial charge in [0.15, 0.2) is 0 Å². The summed E-state index contributed by atoms with van der Waals surface area (Å²) in [5, 5.41) is 5.34. The van der Waals surface area contributed by atoms with Crippen LogP contribution < -0.4 is 9.80 Å². The summed E-state index contributed by atoms with van der Waals surface area (Å²) in [4.78, 5) is 4.70. The fourth-order valence-electron chi connectivity index (χ4n) is 3.22. The predicted octanol–water partition coefficient (Wildman–Crippen LogP) is 6.96. The molecule has 142 valence electrons. The Kier molecular flexibility index (Phi) is 8.98. The molecule has 0 atom stereocenters. The third-order valence-corrected chi connectivity index (χ3v) is 4.59. The van der Waals surface area contributed by atoms with E-state index in [9.17, 15) is 0 Å². The molecular formula is C24H36N2. The standard InChI is InChI=1S/C20H24N2.2C2H6/c1-5-21(3)19-15-11-7-9-13-17(15)20(22(4)6-2)18-14-10-8-12-16(18)19;2*1-2/h7-14H,5-6H2,1-4H3;2*1-2H3. The van der Waals surface area contributed by atoms with Crippen LogP contribution in [0.3, 0.4) is 0 Å². The van der Waals surface area contributed by atoms with Gasteiger partial charge in [-0.15, -0.1) is 0 Å². The number of hydrogen-bond acceptors (Lipinski definition) is 2. The van der Waals surface area contributed by atoms with Gasteiger partial charge < -0.3 is 9.80 Å². The molecule has 2 nitrogen and oxygen atoms in total. The van der Waals surface area contributed by atoms with Gasteiger partial charge in [0.25, 0.3) is 0 Å². The maximum absolute atomic E-state index is 2.35. The molecule has 0 bridgehead atoms. The Bertz CT molecular complexity index is 683. The molecule has 0 amide bonds. The summed E-state index contributed by atoms with van der Waals surface area (Å²) >= 11 is 0. The Morgan fingerprint density at radius 2 is 0.769 bits per heavy atom. The van der Waals surface area contributed by atoms with Crippen molar-refractivity contribution in [3.05, 3.63) is 48.5 Å². The van der Waals surface area contributed by atoms with Crippen LogP contribution in [0.25, 0.3) is 21.5 Å². The average Bonchev–Trinajstić information content (AvgIpc) is 2.73. The highest BCUT2D eigenvalue weighted by atomic mass is 15.1. The van der Waals surface area contributed by atoms with Gasteiger partial charge >= 0.3 is 0 Å². The molecule has 0 spiro atoms. The topological polar surface area (TPSA) is 6.48 Å². The molecular weight excluding hydrogens is 316 g/mol. The Hall–Kier alpha value is -2.22. The molecule has 0 fully saturated rings. The number of fused-ring (bicyclic) bond motifs is 2. The summed E-state index contributed by atoms with van der Waals surface area (Å²) in [7, 11) is 4.36. The summed E-state index contributed by atoms with van der Waals surface area (Å²) < 4.78 is 0. The molecule has 0 aliphatic heterocycles. The van der Waals surface area contributed by atoms with E-state index in [0.29, 0.717) is 0 Å². The second kappa shape index (κ2) is 10.7. The van der Waals surface area contributed by atoms with E-state index in [0.717, 1.165) is 13.1 Å². The summed E-state index contributed by atoms with van der Waals surface area (Å²) in [6.07, 6.45) is 0. The first-order chi connectivity index (χ1) is 12.7. The lowest BCUT2D eigenvalue weighted by molar-refractivity contribution is 0.972. The lowest BCUT2D eigenvalue weighted by Crippen LogP contribution is -2.19. The SMILES string of the molecule is CC.CC.CCN(C)c1c2ccccc2c(N(C)CC)c2ccccc12. The molecule has 0 radical (unpaired) electrons. The summed E-state index contributed by atoms with van der Waals surface area (Å²) in [6.45, 7) is 14.4. The van der Waals surface area contributed by atoms with E-state index in [1.165, 1.54) is 32.9 Å². The monoisotopic (exact) mass is 352 g/mol. The van der Waals surface area contributed by atoms with Gasteiger partial charge in [0.1, 0.15) is 0 Å². The fourth-order valence-corrected chi connectivity index (χ4v) is 3.22. The number of benzene rings is 3. The van der Waals surface area contributed by atoms with Gasteiger partial charge in [0.2, 0.25) is 0 Å². The first-order valence-corrected chi connectivity index (χ1v) is 10.0. The number of nitrogens with zero attached hydrogens (tertiary/aromatic N) is 2. The molecule has 0 aliphatic carbocycles. The van der Waals surface area contributed by atoms with Crippen LogP contribution in [0, 0.1) is 0 Å². The highest BCUT2D eigenvalue weighted by molar-refractivity contribution is 6.20. The van der Waals surface area contributed by atoms with E-state index in [-0.39, 0.29) is 0 Å². The van der Waals surface area contributed by atoms with E-state index in [4.69, 9.17) is 0 Å². The molecule has 0 aliphatic rings. The van der Waals surface area contributed by atoms with Crippen molar-refractivity contribution in [2.45, 2.75) is 41.5 Å². The average molecular weight is 353 g/mol. The Labute approximate surface area is 160 Å². The van der Waals surface area contributed by atoms with E-state index in [1.54, 1.807) is 0 Å². The van der Waals surface area contributed by atoms with Crippen LogP contribution in [-0.2, 0) is 0 Å². The van der Waals surface area contributed by atoms with Gasteiger partial charge in [-0.1, -0.05) is 76.2 Å². The van der Waals surface area contributed by atoms with Gasteiger partial charge in [-0.05, 0) is 13.8 Å². The van der Waals surface area contributed by atoms with Crippen LogP contribution in [-0.4, -0.2) is 27.2 Å². The zero-order valence-electron chi connectivity index (χ0n) is 17.9. The quantitative estimate of drug-likeness (QED) is 0.370. The third kappa shape index (κ3) is 4.12. The molecule has 0 N–H and O–H groups in total. The second-order valence-electron chi connectivity index (χ2n) is 5.82. The third-order valence-electron chi connectivity index (χ3n) is 4.59. The molecule has 2 heteroatoms. The van der Waals surface area contributed by atoms with Gasteiger partial charge in [-0.3, -0.25) is 0 Å². The van der Waals surface area contributed by atoms with Crippen LogP contribution in [0.1, 0.15) is 41.5 Å². The molecule has 3 aromatic carbocycles. The Morgan fingerprint density at radius 3 is 0.962 bits per heavy atom. The second-order valence-corrected chi connectivity index (χ2v) is 5.82. The first kappa shape index (κ1) is 21.8. The largest absolute Gasteiger partial charge is 0.374 e. The molecule has 3 aromatic rings. The lowest BCUT2D eigenvalue weighted by atomic mass is 9.97. The summed E-state index contributed by atoms with van der Waals surface area (Å²) in [5.41, 5.74) is 2.67. The molecule has 0 saturated carbocycles. The van der Waals surface area contributed by atoms with Crippen molar-refractivity contribution < 1.29 is 0 Å². The number of anilines is 2. The molecule has 0 aromatic heterocycles. The maximum atomic E-state index is 2.35. The van der Waals surface area contributed by atoms with Crippen molar-refractivity contribution in [3.63, 3.8) is 0 Å². The highest BCUT2D eigenvalue weighted by Gasteiger charge is 2.17. The van der Waals surface area contributed by atoms with Crippen LogP contribution in [0.5, 0.6) is 0 Å². The van der Waals surface area contributed by atoms with Gasteiger partial charge in [-0.2, -0.15) is 0 Å². The van der Waals surface area contributed by atoms with Gasteiger partial charge in [0, 0.05) is 48.7 Å². The minimum Gasteiger partial charge on any atom is -0.374 e. The Morgan fingerprint density at radius 1 is 0.538 bits per heavy atom. The van der Waals surface area contributed by atoms with Crippen LogP contribution in [0.2, 0.25) is 0 Å². The summed E-state index contributed by atoms with van der Waals surface area (Å²) in [6, 6.07) is 17.5. The fraction of sp³-hybridized carbons (Fsp3) is 0.417. The van der Waals surface area contributed by atoms with Crippen molar-refractivity contribution in [3.8, 4) is 0 Å². The van der Waals surface area contributed by atoms with Crippen molar-refractivity contribution in [2.24, 2.45) is 0 Å². The molecule has 3 rings (SSSR count). The lowest BCUT2D eigenvalue weighted by Gasteiger charge is -2.27.